The molecule has 1 aromatic heterocycles. The average Bonchev–Trinajstić information content (AvgIpc) is 3.02. The Labute approximate surface area is 151 Å². The first-order valence-corrected chi connectivity index (χ1v) is 9.98. The molecule has 136 valence electrons. The Balaban J connectivity index is 2.11. The van der Waals surface area contributed by atoms with Gasteiger partial charge in [-0.3, -0.25) is 0 Å². The van der Waals surface area contributed by atoms with Crippen LogP contribution in [0.1, 0.15) is 69.0 Å². The molecular formula is C20H33NO2S. The van der Waals surface area contributed by atoms with Crippen LogP contribution in [0.25, 0.3) is 0 Å². The molecule has 4 heteroatoms. The van der Waals surface area contributed by atoms with Crippen molar-refractivity contribution in [2.75, 3.05) is 11.9 Å². The van der Waals surface area contributed by atoms with Gasteiger partial charge >= 0.3 is 5.97 Å². The van der Waals surface area contributed by atoms with Crippen molar-refractivity contribution in [2.45, 2.75) is 59.3 Å². The second-order valence-corrected chi connectivity index (χ2v) is 8.08. The van der Waals surface area contributed by atoms with Crippen molar-refractivity contribution in [3.8, 4) is 0 Å². The average molecular weight is 352 g/mol. The number of carbonyl (C=O) groups is 1. The largest absolute Gasteiger partial charge is 0.477 e. The van der Waals surface area contributed by atoms with Gasteiger partial charge in [0.25, 0.3) is 0 Å². The highest BCUT2D eigenvalue weighted by Gasteiger charge is 2.09. The van der Waals surface area contributed by atoms with Crippen LogP contribution in [0.3, 0.4) is 0 Å². The molecule has 2 N–H and O–H groups in total. The number of carboxylic acid groups (broad SMARTS) is 1. The summed E-state index contributed by atoms with van der Waals surface area (Å²) >= 11 is 1.27. The summed E-state index contributed by atoms with van der Waals surface area (Å²) in [7, 11) is 0. The minimum absolute atomic E-state index is 0.393. The van der Waals surface area contributed by atoms with Crippen LogP contribution in [0.2, 0.25) is 0 Å². The lowest BCUT2D eigenvalue weighted by Crippen LogP contribution is -2.11. The Hall–Kier alpha value is -1.29. The van der Waals surface area contributed by atoms with E-state index in [1.807, 2.05) is 11.5 Å². The van der Waals surface area contributed by atoms with Crippen molar-refractivity contribution in [3.63, 3.8) is 0 Å². The zero-order valence-corrected chi connectivity index (χ0v) is 16.2. The minimum atomic E-state index is -0.849. The molecule has 3 atom stereocenters. The fraction of sp³-hybridized carbons (Fsp3) is 0.650. The third-order valence-corrected chi connectivity index (χ3v) is 5.54. The number of anilines is 1. The van der Waals surface area contributed by atoms with Crippen LogP contribution in [-0.4, -0.2) is 17.6 Å². The zero-order chi connectivity index (χ0) is 17.9. The van der Waals surface area contributed by atoms with Gasteiger partial charge < -0.3 is 10.4 Å². The minimum Gasteiger partial charge on any atom is -0.477 e. The van der Waals surface area contributed by atoms with E-state index in [0.717, 1.165) is 18.2 Å². The molecule has 1 aromatic rings. The fourth-order valence-electron chi connectivity index (χ4n) is 2.80. The van der Waals surface area contributed by atoms with Gasteiger partial charge in [-0.25, -0.2) is 4.79 Å². The van der Waals surface area contributed by atoms with E-state index in [1.54, 1.807) is 6.07 Å². The second-order valence-electron chi connectivity index (χ2n) is 7.17. The number of nitrogens with one attached hydrogen (secondary N) is 1. The molecule has 0 aliphatic heterocycles. The van der Waals surface area contributed by atoms with Gasteiger partial charge in [-0.2, -0.15) is 0 Å². The maximum atomic E-state index is 10.9. The number of aromatic carboxylic acids is 1. The van der Waals surface area contributed by atoms with E-state index in [2.05, 4.69) is 32.7 Å². The van der Waals surface area contributed by atoms with Gasteiger partial charge in [0.1, 0.15) is 4.88 Å². The molecule has 1 heterocycles. The van der Waals surface area contributed by atoms with Crippen LogP contribution in [0, 0.1) is 17.8 Å². The number of rotatable bonds is 13. The van der Waals surface area contributed by atoms with E-state index < -0.39 is 5.97 Å². The molecule has 3 unspecified atom stereocenters. The van der Waals surface area contributed by atoms with Crippen molar-refractivity contribution >= 4 is 23.0 Å². The van der Waals surface area contributed by atoms with E-state index in [1.165, 1.54) is 49.9 Å². The molecular weight excluding hydrogens is 318 g/mol. The van der Waals surface area contributed by atoms with Crippen LogP contribution in [0.5, 0.6) is 0 Å². The molecule has 0 spiro atoms. The van der Waals surface area contributed by atoms with Gasteiger partial charge in [0.05, 0.1) is 0 Å². The monoisotopic (exact) mass is 351 g/mol. The van der Waals surface area contributed by atoms with E-state index in [4.69, 9.17) is 5.11 Å². The lowest BCUT2D eigenvalue weighted by Gasteiger charge is -2.15. The number of allylic oxidation sites excluding steroid dienone is 1. The van der Waals surface area contributed by atoms with Crippen molar-refractivity contribution in [1.29, 1.82) is 0 Å². The van der Waals surface area contributed by atoms with Gasteiger partial charge in [-0.15, -0.1) is 17.9 Å². The first-order valence-electron chi connectivity index (χ1n) is 9.10. The highest BCUT2D eigenvalue weighted by molar-refractivity contribution is 7.12. The van der Waals surface area contributed by atoms with Crippen molar-refractivity contribution in [1.82, 2.24) is 0 Å². The Bertz CT molecular complexity index is 498. The predicted octanol–water partition coefficient (Wildman–Crippen LogP) is 6.29. The molecule has 3 nitrogen and oxygen atoms in total. The maximum absolute atomic E-state index is 10.9. The standard InChI is InChI=1S/C20H33NO2S/c1-5-15(2)8-6-9-16(3)10-7-11-17(4)13-21-18-12-19(20(22)23)24-14-18/h5,12,14-17,21H,1,6-11,13H2,2-4H3,(H,22,23). The molecule has 0 amide bonds. The molecule has 0 saturated heterocycles. The van der Waals surface area contributed by atoms with E-state index in [9.17, 15) is 4.79 Å². The Morgan fingerprint density at radius 1 is 1.21 bits per heavy atom. The Morgan fingerprint density at radius 2 is 1.83 bits per heavy atom. The van der Waals surface area contributed by atoms with Gasteiger partial charge in [0.15, 0.2) is 0 Å². The summed E-state index contributed by atoms with van der Waals surface area (Å²) in [6.45, 7) is 11.6. The lowest BCUT2D eigenvalue weighted by molar-refractivity contribution is 0.0702. The summed E-state index contributed by atoms with van der Waals surface area (Å²) in [6.07, 6.45) is 9.71. The Kier molecular flexibility index (Phi) is 9.77. The molecule has 24 heavy (non-hydrogen) atoms. The highest BCUT2D eigenvalue weighted by Crippen LogP contribution is 2.22. The molecule has 0 saturated carbocycles. The molecule has 1 rings (SSSR count). The van der Waals surface area contributed by atoms with Gasteiger partial charge in [-0.1, -0.05) is 52.5 Å². The first kappa shape index (κ1) is 20.8. The van der Waals surface area contributed by atoms with Crippen LogP contribution in [0.4, 0.5) is 5.69 Å². The third-order valence-electron chi connectivity index (χ3n) is 4.62. The topological polar surface area (TPSA) is 49.3 Å². The van der Waals surface area contributed by atoms with Crippen molar-refractivity contribution < 1.29 is 9.90 Å². The smallest absolute Gasteiger partial charge is 0.345 e. The van der Waals surface area contributed by atoms with Crippen molar-refractivity contribution in [3.05, 3.63) is 29.0 Å². The van der Waals surface area contributed by atoms with Crippen LogP contribution in [0.15, 0.2) is 24.1 Å². The fourth-order valence-corrected chi connectivity index (χ4v) is 3.50. The first-order chi connectivity index (χ1) is 11.4. The van der Waals surface area contributed by atoms with E-state index >= 15 is 0 Å². The third kappa shape index (κ3) is 8.53. The van der Waals surface area contributed by atoms with E-state index in [0.29, 0.717) is 16.7 Å². The van der Waals surface area contributed by atoms with Crippen LogP contribution in [-0.2, 0) is 0 Å². The number of carboxylic acids is 1. The SMILES string of the molecule is C=CC(C)CCCC(C)CCCC(C)CNc1csc(C(=O)O)c1. The predicted molar refractivity (Wildman–Crippen MR) is 105 cm³/mol. The lowest BCUT2D eigenvalue weighted by atomic mass is 9.93. The van der Waals surface area contributed by atoms with E-state index in [-0.39, 0.29) is 0 Å². The summed E-state index contributed by atoms with van der Waals surface area (Å²) < 4.78 is 0. The molecule has 0 fully saturated rings. The summed E-state index contributed by atoms with van der Waals surface area (Å²) in [5.74, 6) is 1.20. The number of thiophene rings is 1. The normalized spacial score (nSPS) is 14.8. The van der Waals surface area contributed by atoms with Gasteiger partial charge in [-0.05, 0) is 36.7 Å². The number of hydrogen-bond donors (Lipinski definition) is 2. The Morgan fingerprint density at radius 3 is 2.42 bits per heavy atom. The quantitative estimate of drug-likeness (QED) is 0.410. The zero-order valence-electron chi connectivity index (χ0n) is 15.4. The maximum Gasteiger partial charge on any atom is 0.345 e. The molecule has 0 aliphatic rings. The van der Waals surface area contributed by atoms with Crippen LogP contribution < -0.4 is 5.32 Å². The summed E-state index contributed by atoms with van der Waals surface area (Å²) in [4.78, 5) is 11.3. The molecule has 0 aliphatic carbocycles. The summed E-state index contributed by atoms with van der Waals surface area (Å²) in [5, 5.41) is 14.2. The van der Waals surface area contributed by atoms with Crippen molar-refractivity contribution in [2.24, 2.45) is 17.8 Å². The molecule has 0 radical (unpaired) electrons. The van der Waals surface area contributed by atoms with Gasteiger partial charge in [0, 0.05) is 17.6 Å². The number of hydrogen-bond acceptors (Lipinski definition) is 3. The molecule has 0 aromatic carbocycles. The summed E-state index contributed by atoms with van der Waals surface area (Å²) in [5.41, 5.74) is 0.925. The summed E-state index contributed by atoms with van der Waals surface area (Å²) in [6, 6.07) is 1.71. The van der Waals surface area contributed by atoms with Gasteiger partial charge in [0.2, 0.25) is 0 Å². The second kappa shape index (κ2) is 11.3. The molecule has 0 bridgehead atoms. The highest BCUT2D eigenvalue weighted by atomic mass is 32.1. The van der Waals surface area contributed by atoms with Crippen LogP contribution >= 0.6 is 11.3 Å².